The van der Waals surface area contributed by atoms with Crippen molar-refractivity contribution in [3.63, 3.8) is 0 Å². The molecule has 138 valence electrons. The fourth-order valence-electron chi connectivity index (χ4n) is 2.89. The topological polar surface area (TPSA) is 72.9 Å². The number of nitrogens with zero attached hydrogens (tertiary/aromatic N) is 2. The van der Waals surface area contributed by atoms with Gasteiger partial charge in [0.05, 0.1) is 0 Å². The lowest BCUT2D eigenvalue weighted by atomic mass is 9.97. The van der Waals surface area contributed by atoms with Gasteiger partial charge in [0.2, 0.25) is 0 Å². The number of carboxylic acids is 1. The Morgan fingerprint density at radius 2 is 1.72 bits per heavy atom. The van der Waals surface area contributed by atoms with Gasteiger partial charge in [-0.1, -0.05) is 12.1 Å². The molecule has 1 fully saturated rings. The minimum atomic E-state index is -0.851. The van der Waals surface area contributed by atoms with Crippen molar-refractivity contribution in [2.24, 2.45) is 0 Å². The lowest BCUT2D eigenvalue weighted by Gasteiger charge is -2.32. The minimum absolute atomic E-state index is 0.0389. The SMILES string of the molecule is CN1CCN(Cc2ccc(C(=O)NC(C)(C)CCC(=O)O)cc2)CC1. The Kier molecular flexibility index (Phi) is 6.56. The maximum atomic E-state index is 12.4. The zero-order chi connectivity index (χ0) is 18.4. The molecule has 0 aliphatic carbocycles. The number of hydrogen-bond acceptors (Lipinski definition) is 4. The molecule has 0 saturated carbocycles. The van der Waals surface area contributed by atoms with Crippen LogP contribution in [0.25, 0.3) is 0 Å². The maximum absolute atomic E-state index is 12.4. The van der Waals surface area contributed by atoms with E-state index in [1.54, 1.807) is 0 Å². The van der Waals surface area contributed by atoms with E-state index in [1.807, 2.05) is 38.1 Å². The summed E-state index contributed by atoms with van der Waals surface area (Å²) in [6, 6.07) is 7.68. The molecule has 2 rings (SSSR count). The van der Waals surface area contributed by atoms with Gasteiger partial charge >= 0.3 is 5.97 Å². The highest BCUT2D eigenvalue weighted by Crippen LogP contribution is 2.14. The number of carbonyl (C=O) groups is 2. The third kappa shape index (κ3) is 6.48. The minimum Gasteiger partial charge on any atom is -0.481 e. The number of hydrogen-bond donors (Lipinski definition) is 2. The number of carboxylic acid groups (broad SMARTS) is 1. The second-order valence-electron chi connectivity index (χ2n) is 7.51. The molecule has 1 aromatic rings. The summed E-state index contributed by atoms with van der Waals surface area (Å²) in [7, 11) is 2.14. The molecule has 0 radical (unpaired) electrons. The Hall–Kier alpha value is -1.92. The number of aliphatic carboxylic acids is 1. The Morgan fingerprint density at radius 3 is 2.28 bits per heavy atom. The van der Waals surface area contributed by atoms with Gasteiger partial charge in [0.1, 0.15) is 0 Å². The summed E-state index contributed by atoms with van der Waals surface area (Å²) in [4.78, 5) is 27.8. The second-order valence-corrected chi connectivity index (χ2v) is 7.51. The highest BCUT2D eigenvalue weighted by Gasteiger charge is 2.22. The van der Waals surface area contributed by atoms with E-state index in [9.17, 15) is 9.59 Å². The zero-order valence-corrected chi connectivity index (χ0v) is 15.4. The highest BCUT2D eigenvalue weighted by molar-refractivity contribution is 5.94. The summed E-state index contributed by atoms with van der Waals surface area (Å²) in [5, 5.41) is 11.7. The van der Waals surface area contributed by atoms with Crippen LogP contribution in [-0.4, -0.2) is 65.5 Å². The van der Waals surface area contributed by atoms with Gasteiger partial charge in [-0.15, -0.1) is 0 Å². The van der Waals surface area contributed by atoms with E-state index in [-0.39, 0.29) is 12.3 Å². The number of carbonyl (C=O) groups excluding carboxylic acids is 1. The van der Waals surface area contributed by atoms with E-state index in [2.05, 4.69) is 22.2 Å². The maximum Gasteiger partial charge on any atom is 0.303 e. The molecule has 0 aromatic heterocycles. The van der Waals surface area contributed by atoms with E-state index in [4.69, 9.17) is 5.11 Å². The molecule has 6 nitrogen and oxygen atoms in total. The predicted molar refractivity (Wildman–Crippen MR) is 97.6 cm³/mol. The summed E-state index contributed by atoms with van der Waals surface area (Å²) < 4.78 is 0. The van der Waals surface area contributed by atoms with Crippen molar-refractivity contribution in [2.75, 3.05) is 33.2 Å². The number of benzene rings is 1. The first kappa shape index (κ1) is 19.4. The van der Waals surface area contributed by atoms with E-state index < -0.39 is 11.5 Å². The molecule has 1 aromatic carbocycles. The summed E-state index contributed by atoms with van der Waals surface area (Å²) in [6.45, 7) is 8.90. The van der Waals surface area contributed by atoms with Crippen molar-refractivity contribution in [3.8, 4) is 0 Å². The first-order valence-corrected chi connectivity index (χ1v) is 8.79. The molecular weight excluding hydrogens is 318 g/mol. The first-order chi connectivity index (χ1) is 11.7. The van der Waals surface area contributed by atoms with Crippen molar-refractivity contribution in [3.05, 3.63) is 35.4 Å². The van der Waals surface area contributed by atoms with Crippen LogP contribution in [-0.2, 0) is 11.3 Å². The van der Waals surface area contributed by atoms with Gasteiger partial charge in [0.15, 0.2) is 0 Å². The van der Waals surface area contributed by atoms with Crippen molar-refractivity contribution in [1.82, 2.24) is 15.1 Å². The molecule has 1 aliphatic rings. The van der Waals surface area contributed by atoms with Crippen LogP contribution >= 0.6 is 0 Å². The van der Waals surface area contributed by atoms with E-state index in [1.165, 1.54) is 5.56 Å². The normalized spacial score (nSPS) is 16.6. The van der Waals surface area contributed by atoms with Gasteiger partial charge in [0.25, 0.3) is 5.91 Å². The summed E-state index contributed by atoms with van der Waals surface area (Å²) in [5.74, 6) is -1.02. The lowest BCUT2D eigenvalue weighted by molar-refractivity contribution is -0.137. The molecule has 1 aliphatic heterocycles. The van der Waals surface area contributed by atoms with Crippen LogP contribution in [0.3, 0.4) is 0 Å². The van der Waals surface area contributed by atoms with Crippen LogP contribution in [0.1, 0.15) is 42.6 Å². The second kappa shape index (κ2) is 8.45. The molecule has 0 unspecified atom stereocenters. The molecule has 1 saturated heterocycles. The van der Waals surface area contributed by atoms with Gasteiger partial charge in [-0.2, -0.15) is 0 Å². The van der Waals surface area contributed by atoms with E-state index in [0.717, 1.165) is 32.7 Å². The smallest absolute Gasteiger partial charge is 0.303 e. The van der Waals surface area contributed by atoms with Crippen LogP contribution in [0.15, 0.2) is 24.3 Å². The average molecular weight is 347 g/mol. The van der Waals surface area contributed by atoms with Gasteiger partial charge in [-0.3, -0.25) is 14.5 Å². The van der Waals surface area contributed by atoms with Gasteiger partial charge in [-0.05, 0) is 45.0 Å². The third-order valence-corrected chi connectivity index (χ3v) is 4.63. The standard InChI is InChI=1S/C19H29N3O3/c1-19(2,9-8-17(23)24)20-18(25)16-6-4-15(5-7-16)14-22-12-10-21(3)11-13-22/h4-7H,8-14H2,1-3H3,(H,20,25)(H,23,24). The van der Waals surface area contributed by atoms with Crippen LogP contribution in [0.5, 0.6) is 0 Å². The van der Waals surface area contributed by atoms with Crippen LogP contribution in [0, 0.1) is 0 Å². The fraction of sp³-hybridized carbons (Fsp3) is 0.579. The predicted octanol–water partition coefficient (Wildman–Crippen LogP) is 1.81. The molecule has 1 amide bonds. The molecule has 0 bridgehead atoms. The van der Waals surface area contributed by atoms with Crippen molar-refractivity contribution < 1.29 is 14.7 Å². The summed E-state index contributed by atoms with van der Waals surface area (Å²) in [5.41, 5.74) is 1.25. The van der Waals surface area contributed by atoms with Gasteiger partial charge < -0.3 is 15.3 Å². The van der Waals surface area contributed by atoms with Gasteiger partial charge in [-0.25, -0.2) is 0 Å². The lowest BCUT2D eigenvalue weighted by Crippen LogP contribution is -2.44. The monoisotopic (exact) mass is 347 g/mol. The Balaban J connectivity index is 1.88. The Morgan fingerprint density at radius 1 is 1.12 bits per heavy atom. The van der Waals surface area contributed by atoms with Crippen LogP contribution in [0.2, 0.25) is 0 Å². The number of likely N-dealkylation sites (N-methyl/N-ethyl adjacent to an activating group) is 1. The van der Waals surface area contributed by atoms with Crippen molar-refractivity contribution in [2.45, 2.75) is 38.8 Å². The van der Waals surface area contributed by atoms with Crippen LogP contribution in [0.4, 0.5) is 0 Å². The largest absolute Gasteiger partial charge is 0.481 e. The highest BCUT2D eigenvalue weighted by atomic mass is 16.4. The Labute approximate surface area is 149 Å². The molecule has 0 atom stereocenters. The van der Waals surface area contributed by atoms with Crippen molar-refractivity contribution in [1.29, 1.82) is 0 Å². The molecular formula is C19H29N3O3. The first-order valence-electron chi connectivity index (χ1n) is 8.79. The van der Waals surface area contributed by atoms with E-state index >= 15 is 0 Å². The number of nitrogens with one attached hydrogen (secondary N) is 1. The number of piperazine rings is 1. The molecule has 1 heterocycles. The van der Waals surface area contributed by atoms with Crippen molar-refractivity contribution >= 4 is 11.9 Å². The Bertz CT molecular complexity index is 590. The number of rotatable bonds is 7. The average Bonchev–Trinajstić information content (AvgIpc) is 2.55. The summed E-state index contributed by atoms with van der Waals surface area (Å²) >= 11 is 0. The fourth-order valence-corrected chi connectivity index (χ4v) is 2.89. The number of amides is 1. The summed E-state index contributed by atoms with van der Waals surface area (Å²) in [6.07, 6.45) is 0.437. The third-order valence-electron chi connectivity index (χ3n) is 4.63. The molecule has 25 heavy (non-hydrogen) atoms. The van der Waals surface area contributed by atoms with E-state index in [0.29, 0.717) is 12.0 Å². The van der Waals surface area contributed by atoms with Gasteiger partial charge in [0, 0.05) is 50.2 Å². The quantitative estimate of drug-likeness (QED) is 0.787. The molecule has 0 spiro atoms. The van der Waals surface area contributed by atoms with Crippen LogP contribution < -0.4 is 5.32 Å². The zero-order valence-electron chi connectivity index (χ0n) is 15.4. The molecule has 6 heteroatoms. The molecule has 2 N–H and O–H groups in total.